The first kappa shape index (κ1) is 14.8. The van der Waals surface area contributed by atoms with Crippen molar-refractivity contribution in [1.29, 1.82) is 0 Å². The third-order valence-electron chi connectivity index (χ3n) is 3.19. The third-order valence-corrected chi connectivity index (χ3v) is 3.19. The number of nitrogens with zero attached hydrogens (tertiary/aromatic N) is 1. The fourth-order valence-corrected chi connectivity index (χ4v) is 1.97. The van der Waals surface area contributed by atoms with E-state index in [1.54, 1.807) is 0 Å². The molecule has 0 spiro atoms. The van der Waals surface area contributed by atoms with Crippen molar-refractivity contribution in [1.82, 2.24) is 0 Å². The minimum absolute atomic E-state index is 1.21. The Morgan fingerprint density at radius 3 is 2.22 bits per heavy atom. The molecular formula is C17H27N. The van der Waals surface area contributed by atoms with Gasteiger partial charge in [-0.25, -0.2) is 0 Å². The normalized spacial score (nSPS) is 11.1. The molecule has 100 valence electrons. The lowest BCUT2D eigenvalue weighted by molar-refractivity contribution is 0.638. The van der Waals surface area contributed by atoms with Gasteiger partial charge in [0.1, 0.15) is 0 Å². The fourth-order valence-electron chi connectivity index (χ4n) is 1.97. The highest BCUT2D eigenvalue weighted by Crippen LogP contribution is 2.14. The Balaban J connectivity index is 2.25. The molecule has 0 amide bonds. The second-order valence-corrected chi connectivity index (χ2v) is 5.09. The monoisotopic (exact) mass is 245 g/mol. The van der Waals surface area contributed by atoms with Gasteiger partial charge in [-0.1, -0.05) is 56.9 Å². The highest BCUT2D eigenvalue weighted by Gasteiger charge is 1.93. The third kappa shape index (κ3) is 5.90. The Labute approximate surface area is 113 Å². The number of anilines is 1. The van der Waals surface area contributed by atoms with Gasteiger partial charge < -0.3 is 4.90 Å². The average molecular weight is 245 g/mol. The van der Waals surface area contributed by atoms with Gasteiger partial charge in [0, 0.05) is 19.8 Å². The summed E-state index contributed by atoms with van der Waals surface area (Å²) in [7, 11) is 4.14. The second-order valence-electron chi connectivity index (χ2n) is 5.09. The molecule has 0 heterocycles. The van der Waals surface area contributed by atoms with E-state index in [2.05, 4.69) is 62.3 Å². The van der Waals surface area contributed by atoms with E-state index in [0.29, 0.717) is 0 Å². The first-order valence-corrected chi connectivity index (χ1v) is 7.18. The van der Waals surface area contributed by atoms with Crippen LogP contribution in [0, 0.1) is 0 Å². The van der Waals surface area contributed by atoms with Crippen LogP contribution in [0.2, 0.25) is 0 Å². The van der Waals surface area contributed by atoms with E-state index in [9.17, 15) is 0 Å². The lowest BCUT2D eigenvalue weighted by Gasteiger charge is -2.11. The van der Waals surface area contributed by atoms with E-state index in [1.165, 1.54) is 49.8 Å². The SMILES string of the molecule is CCCCCCC/C=C/c1ccc(N(C)C)cc1. The van der Waals surface area contributed by atoms with Gasteiger partial charge in [0.05, 0.1) is 0 Å². The zero-order chi connectivity index (χ0) is 13.2. The van der Waals surface area contributed by atoms with Crippen molar-refractivity contribution < 1.29 is 0 Å². The topological polar surface area (TPSA) is 3.24 Å². The summed E-state index contributed by atoms with van der Waals surface area (Å²) in [5.74, 6) is 0. The summed E-state index contributed by atoms with van der Waals surface area (Å²) in [6.45, 7) is 2.26. The molecule has 0 N–H and O–H groups in total. The molecular weight excluding hydrogens is 218 g/mol. The molecule has 1 rings (SSSR count). The van der Waals surface area contributed by atoms with Crippen LogP contribution in [0.25, 0.3) is 6.08 Å². The molecule has 18 heavy (non-hydrogen) atoms. The number of hydrogen-bond donors (Lipinski definition) is 0. The van der Waals surface area contributed by atoms with Gasteiger partial charge in [-0.15, -0.1) is 0 Å². The van der Waals surface area contributed by atoms with E-state index in [4.69, 9.17) is 0 Å². The quantitative estimate of drug-likeness (QED) is 0.574. The van der Waals surface area contributed by atoms with Crippen LogP contribution in [0.15, 0.2) is 30.3 Å². The van der Waals surface area contributed by atoms with Crippen LogP contribution in [0.1, 0.15) is 51.0 Å². The zero-order valence-corrected chi connectivity index (χ0v) is 12.2. The highest BCUT2D eigenvalue weighted by molar-refractivity contribution is 5.55. The Hall–Kier alpha value is -1.24. The van der Waals surface area contributed by atoms with Crippen LogP contribution in [0.3, 0.4) is 0 Å². The van der Waals surface area contributed by atoms with Crippen molar-refractivity contribution in [2.45, 2.75) is 45.4 Å². The molecule has 1 aromatic carbocycles. The maximum Gasteiger partial charge on any atom is 0.0361 e. The van der Waals surface area contributed by atoms with Crippen molar-refractivity contribution in [2.24, 2.45) is 0 Å². The lowest BCUT2D eigenvalue weighted by Crippen LogP contribution is -2.07. The van der Waals surface area contributed by atoms with E-state index in [-0.39, 0.29) is 0 Å². The standard InChI is InChI=1S/C17H27N/c1-4-5-6-7-8-9-10-11-16-12-14-17(15-13-16)18(2)3/h10-15H,4-9H2,1-3H3/b11-10+. The van der Waals surface area contributed by atoms with Crippen LogP contribution in [-0.2, 0) is 0 Å². The number of hydrogen-bond acceptors (Lipinski definition) is 1. The predicted molar refractivity (Wildman–Crippen MR) is 83.2 cm³/mol. The maximum atomic E-state index is 2.30. The number of rotatable bonds is 8. The second kappa shape index (κ2) is 8.79. The molecule has 0 bridgehead atoms. The smallest absolute Gasteiger partial charge is 0.0361 e. The molecule has 0 aliphatic heterocycles. The van der Waals surface area contributed by atoms with Gasteiger partial charge in [0.2, 0.25) is 0 Å². The molecule has 1 nitrogen and oxygen atoms in total. The summed E-state index contributed by atoms with van der Waals surface area (Å²) in [6, 6.07) is 8.70. The first-order valence-electron chi connectivity index (χ1n) is 7.18. The summed E-state index contributed by atoms with van der Waals surface area (Å²) < 4.78 is 0. The molecule has 0 radical (unpaired) electrons. The van der Waals surface area contributed by atoms with Gasteiger partial charge in [0.15, 0.2) is 0 Å². The molecule has 0 saturated heterocycles. The predicted octanol–water partition coefficient (Wildman–Crippen LogP) is 5.13. The molecule has 0 unspecified atom stereocenters. The maximum absolute atomic E-state index is 2.30. The van der Waals surface area contributed by atoms with Gasteiger partial charge in [-0.2, -0.15) is 0 Å². The van der Waals surface area contributed by atoms with Crippen LogP contribution in [-0.4, -0.2) is 14.1 Å². The molecule has 0 aromatic heterocycles. The van der Waals surface area contributed by atoms with E-state index < -0.39 is 0 Å². The Morgan fingerprint density at radius 1 is 0.944 bits per heavy atom. The largest absolute Gasteiger partial charge is 0.378 e. The van der Waals surface area contributed by atoms with Gasteiger partial charge in [-0.05, 0) is 30.5 Å². The molecule has 0 atom stereocenters. The van der Waals surface area contributed by atoms with Crippen molar-refractivity contribution in [2.75, 3.05) is 19.0 Å². The van der Waals surface area contributed by atoms with Gasteiger partial charge in [-0.3, -0.25) is 0 Å². The summed E-state index contributed by atoms with van der Waals surface area (Å²) in [5.41, 5.74) is 2.56. The summed E-state index contributed by atoms with van der Waals surface area (Å²) in [4.78, 5) is 2.13. The Morgan fingerprint density at radius 2 is 1.61 bits per heavy atom. The Kier molecular flexibility index (Phi) is 7.24. The summed E-state index contributed by atoms with van der Waals surface area (Å²) >= 11 is 0. The lowest BCUT2D eigenvalue weighted by atomic mass is 10.1. The highest BCUT2D eigenvalue weighted by atomic mass is 15.1. The molecule has 0 aliphatic rings. The van der Waals surface area contributed by atoms with Crippen molar-refractivity contribution in [3.8, 4) is 0 Å². The van der Waals surface area contributed by atoms with E-state index in [1.807, 2.05) is 0 Å². The number of benzene rings is 1. The van der Waals surface area contributed by atoms with Crippen LogP contribution >= 0.6 is 0 Å². The number of allylic oxidation sites excluding steroid dienone is 1. The number of unbranched alkanes of at least 4 members (excludes halogenated alkanes) is 5. The first-order chi connectivity index (χ1) is 8.74. The van der Waals surface area contributed by atoms with Crippen LogP contribution < -0.4 is 4.90 Å². The summed E-state index contributed by atoms with van der Waals surface area (Å²) in [6.07, 6.45) is 12.5. The molecule has 0 saturated carbocycles. The van der Waals surface area contributed by atoms with Crippen molar-refractivity contribution in [3.05, 3.63) is 35.9 Å². The van der Waals surface area contributed by atoms with Gasteiger partial charge >= 0.3 is 0 Å². The molecule has 0 fully saturated rings. The molecule has 1 heteroatoms. The average Bonchev–Trinajstić information content (AvgIpc) is 2.38. The van der Waals surface area contributed by atoms with Crippen LogP contribution in [0.4, 0.5) is 5.69 Å². The molecule has 0 aliphatic carbocycles. The van der Waals surface area contributed by atoms with Crippen LogP contribution in [0.5, 0.6) is 0 Å². The van der Waals surface area contributed by atoms with Crippen molar-refractivity contribution >= 4 is 11.8 Å². The van der Waals surface area contributed by atoms with Gasteiger partial charge in [0.25, 0.3) is 0 Å². The fraction of sp³-hybridized carbons (Fsp3) is 0.529. The van der Waals surface area contributed by atoms with E-state index >= 15 is 0 Å². The zero-order valence-electron chi connectivity index (χ0n) is 12.2. The minimum Gasteiger partial charge on any atom is -0.378 e. The minimum atomic E-state index is 1.21. The van der Waals surface area contributed by atoms with E-state index in [0.717, 1.165) is 0 Å². The molecule has 1 aromatic rings. The van der Waals surface area contributed by atoms with Crippen molar-refractivity contribution in [3.63, 3.8) is 0 Å². The summed E-state index contributed by atoms with van der Waals surface area (Å²) in [5, 5.41) is 0. The Bertz CT molecular complexity index is 335.